The summed E-state index contributed by atoms with van der Waals surface area (Å²) >= 11 is 0. The molecule has 0 aromatic carbocycles. The smallest absolute Gasteiger partial charge is 0.237 e. The van der Waals surface area contributed by atoms with Gasteiger partial charge in [-0.05, 0) is 38.5 Å². The Morgan fingerprint density at radius 2 is 1.78 bits per heavy atom. The average Bonchev–Trinajstić information content (AvgIpc) is 2.97. The summed E-state index contributed by atoms with van der Waals surface area (Å²) in [6, 6.07) is -0.153. The van der Waals surface area contributed by atoms with Gasteiger partial charge in [-0.2, -0.15) is 0 Å². The molecule has 0 spiro atoms. The van der Waals surface area contributed by atoms with Gasteiger partial charge in [-0.25, -0.2) is 0 Å². The number of hydrogen-bond acceptors (Lipinski definition) is 4. The maximum Gasteiger partial charge on any atom is 0.237 e. The number of carbonyl (C=O) groups is 1. The highest BCUT2D eigenvalue weighted by atomic mass is 16.5. The van der Waals surface area contributed by atoms with Gasteiger partial charge in [0.15, 0.2) is 0 Å². The van der Waals surface area contributed by atoms with E-state index in [0.717, 1.165) is 25.9 Å². The number of morpholine rings is 1. The number of aliphatic hydroxyl groups excluding tert-OH is 1. The van der Waals surface area contributed by atoms with E-state index in [1.54, 1.807) is 0 Å². The van der Waals surface area contributed by atoms with Crippen molar-refractivity contribution in [3.63, 3.8) is 0 Å². The fourth-order valence-corrected chi connectivity index (χ4v) is 4.15. The molecule has 4 unspecified atom stereocenters. The van der Waals surface area contributed by atoms with E-state index >= 15 is 0 Å². The number of hydrogen-bond donors (Lipinski definition) is 2. The van der Waals surface area contributed by atoms with E-state index in [4.69, 9.17) is 4.74 Å². The molecule has 1 heterocycles. The molecule has 5 nitrogen and oxygen atoms in total. The van der Waals surface area contributed by atoms with E-state index in [9.17, 15) is 9.90 Å². The van der Waals surface area contributed by atoms with Crippen LogP contribution in [0.4, 0.5) is 0 Å². The second-order valence-corrected chi connectivity index (χ2v) is 7.76. The van der Waals surface area contributed by atoms with Crippen molar-refractivity contribution in [1.82, 2.24) is 10.2 Å². The van der Waals surface area contributed by atoms with Crippen molar-refractivity contribution in [2.75, 3.05) is 19.6 Å². The number of carbonyl (C=O) groups excluding carboxylic acids is 1. The number of nitrogens with zero attached hydrogens (tertiary/aromatic N) is 1. The van der Waals surface area contributed by atoms with Crippen molar-refractivity contribution >= 4 is 5.91 Å². The molecule has 5 heteroatoms. The molecule has 0 radical (unpaired) electrons. The minimum absolute atomic E-state index is 0.0401. The molecule has 1 saturated carbocycles. The first-order chi connectivity index (χ1) is 10.9. The lowest BCUT2D eigenvalue weighted by atomic mass is 9.98. The molecule has 4 atom stereocenters. The molecule has 2 rings (SSSR count). The number of nitrogens with one attached hydrogen (secondary N) is 1. The second-order valence-electron chi connectivity index (χ2n) is 7.76. The lowest BCUT2D eigenvalue weighted by Gasteiger charge is -2.41. The number of amides is 1. The predicted octanol–water partition coefficient (Wildman–Crippen LogP) is 1.79. The maximum atomic E-state index is 12.7. The van der Waals surface area contributed by atoms with E-state index < -0.39 is 6.10 Å². The molecule has 0 aromatic rings. The van der Waals surface area contributed by atoms with E-state index in [2.05, 4.69) is 37.9 Å². The van der Waals surface area contributed by atoms with Crippen molar-refractivity contribution in [3.05, 3.63) is 0 Å². The van der Waals surface area contributed by atoms with E-state index in [1.165, 1.54) is 12.8 Å². The summed E-state index contributed by atoms with van der Waals surface area (Å²) in [5, 5.41) is 13.3. The minimum atomic E-state index is -0.406. The summed E-state index contributed by atoms with van der Waals surface area (Å²) < 4.78 is 5.78. The highest BCUT2D eigenvalue weighted by Crippen LogP contribution is 2.27. The number of rotatable bonds is 6. The van der Waals surface area contributed by atoms with Crippen molar-refractivity contribution in [2.45, 2.75) is 77.7 Å². The van der Waals surface area contributed by atoms with Crippen LogP contribution in [0.3, 0.4) is 0 Å². The molecule has 2 N–H and O–H groups in total. The Hall–Kier alpha value is -0.650. The zero-order chi connectivity index (χ0) is 17.0. The molecule has 0 aromatic heterocycles. The molecule has 23 heavy (non-hydrogen) atoms. The van der Waals surface area contributed by atoms with Gasteiger partial charge in [0.2, 0.25) is 5.91 Å². The molecule has 1 saturated heterocycles. The third-order valence-electron chi connectivity index (χ3n) is 5.17. The molecular formula is C18H34N2O3. The van der Waals surface area contributed by atoms with Gasteiger partial charge in [-0.1, -0.05) is 26.7 Å². The molecule has 134 valence electrons. The Labute approximate surface area is 140 Å². The number of aliphatic hydroxyl groups is 1. The first-order valence-electron chi connectivity index (χ1n) is 9.23. The first kappa shape index (κ1) is 18.7. The van der Waals surface area contributed by atoms with Gasteiger partial charge in [0, 0.05) is 19.6 Å². The summed E-state index contributed by atoms with van der Waals surface area (Å²) in [5.41, 5.74) is 0. The largest absolute Gasteiger partial charge is 0.391 e. The van der Waals surface area contributed by atoms with Crippen LogP contribution in [0.1, 0.15) is 53.4 Å². The van der Waals surface area contributed by atoms with Crippen LogP contribution in [-0.4, -0.2) is 59.9 Å². The van der Waals surface area contributed by atoms with Gasteiger partial charge in [-0.3, -0.25) is 9.69 Å². The summed E-state index contributed by atoms with van der Waals surface area (Å²) in [5.74, 6) is 0.630. The molecule has 1 aliphatic heterocycles. The second kappa shape index (κ2) is 8.45. The van der Waals surface area contributed by atoms with Gasteiger partial charge < -0.3 is 15.2 Å². The zero-order valence-corrected chi connectivity index (χ0v) is 15.1. The highest BCUT2D eigenvalue weighted by molar-refractivity contribution is 5.82. The van der Waals surface area contributed by atoms with Crippen LogP contribution in [0.25, 0.3) is 0 Å². The Morgan fingerprint density at radius 3 is 2.30 bits per heavy atom. The summed E-state index contributed by atoms with van der Waals surface area (Å²) in [6.45, 7) is 10.2. The first-order valence-corrected chi connectivity index (χ1v) is 9.23. The normalized spacial score (nSPS) is 29.7. The maximum absolute atomic E-state index is 12.7. The topological polar surface area (TPSA) is 61.8 Å². The van der Waals surface area contributed by atoms with Crippen molar-refractivity contribution in [1.29, 1.82) is 0 Å². The van der Waals surface area contributed by atoms with Gasteiger partial charge >= 0.3 is 0 Å². The standard InChI is InChI=1S/C18H34N2O3/c1-12(2)17(20-10-13(3)23-14(4)11-20)18(22)19-9-16(21)15-7-5-6-8-15/h12-17,21H,5-11H2,1-4H3,(H,19,22). The van der Waals surface area contributed by atoms with Gasteiger partial charge in [-0.15, -0.1) is 0 Å². The minimum Gasteiger partial charge on any atom is -0.391 e. The third-order valence-corrected chi connectivity index (χ3v) is 5.17. The quantitative estimate of drug-likeness (QED) is 0.781. The van der Waals surface area contributed by atoms with Crippen LogP contribution < -0.4 is 5.32 Å². The summed E-state index contributed by atoms with van der Waals surface area (Å²) in [4.78, 5) is 14.9. The average molecular weight is 326 g/mol. The van der Waals surface area contributed by atoms with Crippen LogP contribution in [-0.2, 0) is 9.53 Å². The lowest BCUT2D eigenvalue weighted by molar-refractivity contribution is -0.136. The fourth-order valence-electron chi connectivity index (χ4n) is 4.15. The monoisotopic (exact) mass is 326 g/mol. The van der Waals surface area contributed by atoms with E-state index in [-0.39, 0.29) is 30.1 Å². The van der Waals surface area contributed by atoms with Crippen LogP contribution in [0.15, 0.2) is 0 Å². The Bertz CT molecular complexity index is 372. The third kappa shape index (κ3) is 5.16. The summed E-state index contributed by atoms with van der Waals surface area (Å²) in [7, 11) is 0. The van der Waals surface area contributed by atoms with Crippen LogP contribution >= 0.6 is 0 Å². The summed E-state index contributed by atoms with van der Waals surface area (Å²) in [6.07, 6.45) is 4.47. The van der Waals surface area contributed by atoms with Crippen molar-refractivity contribution in [3.8, 4) is 0 Å². The number of ether oxygens (including phenoxy) is 1. The molecule has 0 bridgehead atoms. The van der Waals surface area contributed by atoms with Gasteiger partial charge in [0.1, 0.15) is 0 Å². The lowest BCUT2D eigenvalue weighted by Crippen LogP contribution is -2.57. The molecule has 2 fully saturated rings. The fraction of sp³-hybridized carbons (Fsp3) is 0.944. The van der Waals surface area contributed by atoms with Crippen LogP contribution in [0.2, 0.25) is 0 Å². The van der Waals surface area contributed by atoms with E-state index in [1.807, 2.05) is 0 Å². The molecular weight excluding hydrogens is 292 g/mol. The Balaban J connectivity index is 1.90. The van der Waals surface area contributed by atoms with Crippen LogP contribution in [0.5, 0.6) is 0 Å². The van der Waals surface area contributed by atoms with Crippen LogP contribution in [0, 0.1) is 11.8 Å². The van der Waals surface area contributed by atoms with Crippen molar-refractivity contribution in [2.24, 2.45) is 11.8 Å². The SMILES string of the molecule is CC1CN(C(C(=O)NCC(O)C2CCCC2)C(C)C)CC(C)O1. The van der Waals surface area contributed by atoms with Gasteiger partial charge in [0.25, 0.3) is 0 Å². The molecule has 2 aliphatic rings. The Kier molecular flexibility index (Phi) is 6.86. The Morgan fingerprint density at radius 1 is 1.22 bits per heavy atom. The van der Waals surface area contributed by atoms with E-state index in [0.29, 0.717) is 12.5 Å². The van der Waals surface area contributed by atoms with Crippen molar-refractivity contribution < 1.29 is 14.6 Å². The van der Waals surface area contributed by atoms with Gasteiger partial charge in [0.05, 0.1) is 24.4 Å². The predicted molar refractivity (Wildman–Crippen MR) is 91.2 cm³/mol. The highest BCUT2D eigenvalue weighted by Gasteiger charge is 2.34. The molecule has 1 aliphatic carbocycles. The molecule has 1 amide bonds. The zero-order valence-electron chi connectivity index (χ0n) is 15.1.